The Kier molecular flexibility index (Phi) is 7.45. The minimum absolute atomic E-state index is 0.0115. The third-order valence-electron chi connectivity index (χ3n) is 5.44. The first-order chi connectivity index (χ1) is 14.0. The van der Waals surface area contributed by atoms with Gasteiger partial charge in [0.25, 0.3) is 0 Å². The molecule has 1 amide bonds. The summed E-state index contributed by atoms with van der Waals surface area (Å²) in [6, 6.07) is 16.8. The average molecular weight is 415 g/mol. The number of hydrogen-bond donors (Lipinski definition) is 1. The van der Waals surface area contributed by atoms with E-state index in [1.807, 2.05) is 49.4 Å². The van der Waals surface area contributed by atoms with E-state index in [4.69, 9.17) is 0 Å². The molecule has 1 unspecified atom stereocenters. The van der Waals surface area contributed by atoms with Gasteiger partial charge in [0, 0.05) is 19.5 Å². The molecule has 0 radical (unpaired) electrons. The molecule has 0 saturated carbocycles. The summed E-state index contributed by atoms with van der Waals surface area (Å²) in [5.41, 5.74) is 2.03. The smallest absolute Gasteiger partial charge is 0.243 e. The van der Waals surface area contributed by atoms with Crippen molar-refractivity contribution in [1.29, 1.82) is 0 Å². The summed E-state index contributed by atoms with van der Waals surface area (Å²) in [5.74, 6) is -0.0115. The van der Waals surface area contributed by atoms with Crippen molar-refractivity contribution in [3.63, 3.8) is 0 Å². The van der Waals surface area contributed by atoms with Crippen molar-refractivity contribution in [2.75, 3.05) is 13.1 Å². The lowest BCUT2D eigenvalue weighted by atomic mass is 10.1. The number of aryl methyl sites for hydroxylation is 1. The molecule has 0 aliphatic carbocycles. The van der Waals surface area contributed by atoms with Gasteiger partial charge in [0.2, 0.25) is 15.9 Å². The van der Waals surface area contributed by atoms with Crippen LogP contribution in [-0.4, -0.2) is 31.7 Å². The van der Waals surface area contributed by atoms with Crippen LogP contribution < -0.4 is 5.32 Å². The van der Waals surface area contributed by atoms with Crippen LogP contribution in [0.1, 0.15) is 56.2 Å². The molecule has 0 aromatic heterocycles. The van der Waals surface area contributed by atoms with Gasteiger partial charge in [-0.3, -0.25) is 4.79 Å². The molecular weight excluding hydrogens is 384 g/mol. The second kappa shape index (κ2) is 10.0. The molecule has 1 N–H and O–H groups in total. The lowest BCUT2D eigenvalue weighted by Gasteiger charge is -2.20. The molecule has 6 heteroatoms. The molecule has 2 aromatic rings. The minimum Gasteiger partial charge on any atom is -0.350 e. The molecule has 1 aliphatic rings. The van der Waals surface area contributed by atoms with Crippen molar-refractivity contribution in [3.05, 3.63) is 65.7 Å². The summed E-state index contributed by atoms with van der Waals surface area (Å²) in [7, 11) is -3.43. The molecule has 0 spiro atoms. The second-order valence-electron chi connectivity index (χ2n) is 7.66. The van der Waals surface area contributed by atoms with Crippen molar-refractivity contribution >= 4 is 15.9 Å². The topological polar surface area (TPSA) is 66.5 Å². The van der Waals surface area contributed by atoms with Gasteiger partial charge in [0.05, 0.1) is 10.9 Å². The Balaban J connectivity index is 1.54. The normalized spacial score (nSPS) is 16.7. The number of rotatable bonds is 7. The number of nitrogens with zero attached hydrogens (tertiary/aromatic N) is 1. The summed E-state index contributed by atoms with van der Waals surface area (Å²) in [4.78, 5) is 12.6. The average Bonchev–Trinajstić information content (AvgIpc) is 3.03. The molecule has 156 valence electrons. The Bertz CT molecular complexity index is 887. The van der Waals surface area contributed by atoms with E-state index in [0.29, 0.717) is 30.8 Å². The Labute approximate surface area is 174 Å². The first-order valence-corrected chi connectivity index (χ1v) is 11.8. The molecule has 5 nitrogen and oxygen atoms in total. The quantitative estimate of drug-likeness (QED) is 0.743. The van der Waals surface area contributed by atoms with Gasteiger partial charge in [0.1, 0.15) is 0 Å². The molecule has 1 heterocycles. The molecule has 29 heavy (non-hydrogen) atoms. The second-order valence-corrected chi connectivity index (χ2v) is 9.60. The fourth-order valence-electron chi connectivity index (χ4n) is 3.66. The minimum atomic E-state index is -3.43. The van der Waals surface area contributed by atoms with Gasteiger partial charge >= 0.3 is 0 Å². The van der Waals surface area contributed by atoms with E-state index in [2.05, 4.69) is 5.32 Å². The summed E-state index contributed by atoms with van der Waals surface area (Å²) >= 11 is 0. The lowest BCUT2D eigenvalue weighted by molar-refractivity contribution is -0.121. The number of nitrogens with one attached hydrogen (secondary N) is 1. The number of benzene rings is 2. The van der Waals surface area contributed by atoms with Gasteiger partial charge < -0.3 is 5.32 Å². The van der Waals surface area contributed by atoms with Crippen LogP contribution >= 0.6 is 0 Å². The maximum atomic E-state index is 12.8. The van der Waals surface area contributed by atoms with Gasteiger partial charge in [-0.1, -0.05) is 55.3 Å². The number of carbonyl (C=O) groups is 1. The standard InChI is InChI=1S/C23H30N2O3S/c1-19(21-9-5-4-6-10-21)24-23(26)16-13-20-11-14-22(15-12-20)29(27,28)25-17-7-2-3-8-18-25/h4-6,9-12,14-15,19H,2-3,7-8,13,16-18H2,1H3,(H,24,26). The number of amides is 1. The SMILES string of the molecule is CC(NC(=O)CCc1ccc(S(=O)(=O)N2CCCCCC2)cc1)c1ccccc1. The van der Waals surface area contributed by atoms with E-state index in [9.17, 15) is 13.2 Å². The van der Waals surface area contributed by atoms with Crippen LogP contribution in [0.3, 0.4) is 0 Å². The molecule has 1 fully saturated rings. The monoisotopic (exact) mass is 414 g/mol. The van der Waals surface area contributed by atoms with Gasteiger partial charge in [-0.2, -0.15) is 4.31 Å². The maximum Gasteiger partial charge on any atom is 0.243 e. The van der Waals surface area contributed by atoms with Crippen molar-refractivity contribution in [2.24, 2.45) is 0 Å². The third kappa shape index (κ3) is 5.90. The summed E-state index contributed by atoms with van der Waals surface area (Å²) in [5, 5.41) is 3.01. The Morgan fingerprint density at radius 3 is 2.21 bits per heavy atom. The molecule has 0 bridgehead atoms. The third-order valence-corrected chi connectivity index (χ3v) is 7.36. The highest BCUT2D eigenvalue weighted by molar-refractivity contribution is 7.89. The van der Waals surface area contributed by atoms with Crippen LogP contribution in [0.25, 0.3) is 0 Å². The van der Waals surface area contributed by atoms with Gasteiger partial charge in [-0.25, -0.2) is 8.42 Å². The number of hydrogen-bond acceptors (Lipinski definition) is 3. The van der Waals surface area contributed by atoms with E-state index in [0.717, 1.165) is 36.8 Å². The predicted molar refractivity (Wildman–Crippen MR) is 115 cm³/mol. The highest BCUT2D eigenvalue weighted by Gasteiger charge is 2.24. The molecule has 1 aliphatic heterocycles. The first-order valence-electron chi connectivity index (χ1n) is 10.4. The largest absolute Gasteiger partial charge is 0.350 e. The van der Waals surface area contributed by atoms with E-state index in [1.54, 1.807) is 16.4 Å². The van der Waals surface area contributed by atoms with Crippen LogP contribution in [0.4, 0.5) is 0 Å². The van der Waals surface area contributed by atoms with Crippen LogP contribution in [0.5, 0.6) is 0 Å². The van der Waals surface area contributed by atoms with E-state index >= 15 is 0 Å². The van der Waals surface area contributed by atoms with Crippen LogP contribution in [-0.2, 0) is 21.2 Å². The Morgan fingerprint density at radius 1 is 0.966 bits per heavy atom. The first kappa shape index (κ1) is 21.5. The van der Waals surface area contributed by atoms with Crippen LogP contribution in [0.2, 0.25) is 0 Å². The lowest BCUT2D eigenvalue weighted by Crippen LogP contribution is -2.31. The van der Waals surface area contributed by atoms with Gasteiger partial charge in [-0.15, -0.1) is 0 Å². The van der Waals surface area contributed by atoms with Crippen LogP contribution in [0.15, 0.2) is 59.5 Å². The van der Waals surface area contributed by atoms with Crippen molar-refractivity contribution in [1.82, 2.24) is 9.62 Å². The van der Waals surface area contributed by atoms with Crippen molar-refractivity contribution < 1.29 is 13.2 Å². The summed E-state index contributed by atoms with van der Waals surface area (Å²) in [6.45, 7) is 3.17. The van der Waals surface area contributed by atoms with E-state index < -0.39 is 10.0 Å². The Morgan fingerprint density at radius 2 is 1.59 bits per heavy atom. The molecule has 1 saturated heterocycles. The van der Waals surface area contributed by atoms with Gasteiger partial charge in [-0.05, 0) is 49.4 Å². The summed E-state index contributed by atoms with van der Waals surface area (Å²) < 4.78 is 27.3. The predicted octanol–water partition coefficient (Wildman–Crippen LogP) is 4.06. The van der Waals surface area contributed by atoms with E-state index in [-0.39, 0.29) is 11.9 Å². The molecule has 3 rings (SSSR count). The zero-order valence-electron chi connectivity index (χ0n) is 17.0. The summed E-state index contributed by atoms with van der Waals surface area (Å²) in [6.07, 6.45) is 4.99. The van der Waals surface area contributed by atoms with Crippen molar-refractivity contribution in [3.8, 4) is 0 Å². The molecule has 1 atom stereocenters. The fourth-order valence-corrected chi connectivity index (χ4v) is 5.17. The highest BCUT2D eigenvalue weighted by atomic mass is 32.2. The molecule has 2 aromatic carbocycles. The van der Waals surface area contributed by atoms with Gasteiger partial charge in [0.15, 0.2) is 0 Å². The number of sulfonamides is 1. The fraction of sp³-hybridized carbons (Fsp3) is 0.435. The number of carbonyl (C=O) groups excluding carboxylic acids is 1. The maximum absolute atomic E-state index is 12.8. The molecular formula is C23H30N2O3S. The highest BCUT2D eigenvalue weighted by Crippen LogP contribution is 2.21. The van der Waals surface area contributed by atoms with Crippen LogP contribution in [0, 0.1) is 0 Å². The van der Waals surface area contributed by atoms with Crippen molar-refractivity contribution in [2.45, 2.75) is 56.4 Å². The zero-order valence-corrected chi connectivity index (χ0v) is 17.8. The van der Waals surface area contributed by atoms with E-state index in [1.165, 1.54) is 0 Å². The zero-order chi connectivity index (χ0) is 20.7. The Hall–Kier alpha value is -2.18.